The largest absolute Gasteiger partial charge is 0.326 e. The molecule has 1 heterocycles. The van der Waals surface area contributed by atoms with Crippen LogP contribution in [0.3, 0.4) is 0 Å². The standard InChI is InChI=1S/C12H11F2NS/c1-7-4-9(6-15)16-12(7)10-3-2-8(13)5-11(10)14/h2-5H,6,15H2,1H3. The van der Waals surface area contributed by atoms with Crippen molar-refractivity contribution in [3.63, 3.8) is 0 Å². The average Bonchev–Trinajstić information content (AvgIpc) is 2.60. The number of rotatable bonds is 2. The Balaban J connectivity index is 2.53. The molecular weight excluding hydrogens is 228 g/mol. The first-order valence-corrected chi connectivity index (χ1v) is 5.68. The van der Waals surface area contributed by atoms with Gasteiger partial charge < -0.3 is 5.73 Å². The van der Waals surface area contributed by atoms with E-state index in [4.69, 9.17) is 5.73 Å². The Morgan fingerprint density at radius 3 is 2.56 bits per heavy atom. The molecule has 2 aromatic rings. The van der Waals surface area contributed by atoms with E-state index in [9.17, 15) is 8.78 Å². The molecule has 2 N–H and O–H groups in total. The van der Waals surface area contributed by atoms with Gasteiger partial charge in [-0.2, -0.15) is 0 Å². The number of benzene rings is 1. The van der Waals surface area contributed by atoms with Gasteiger partial charge in [-0.25, -0.2) is 8.78 Å². The van der Waals surface area contributed by atoms with Gasteiger partial charge in [0.15, 0.2) is 0 Å². The summed E-state index contributed by atoms with van der Waals surface area (Å²) >= 11 is 1.45. The molecule has 1 aromatic heterocycles. The van der Waals surface area contributed by atoms with Crippen LogP contribution < -0.4 is 5.73 Å². The molecule has 16 heavy (non-hydrogen) atoms. The zero-order chi connectivity index (χ0) is 11.7. The summed E-state index contributed by atoms with van der Waals surface area (Å²) in [6, 6.07) is 5.56. The van der Waals surface area contributed by atoms with Crippen molar-refractivity contribution in [1.29, 1.82) is 0 Å². The second-order valence-electron chi connectivity index (χ2n) is 3.55. The Hall–Kier alpha value is -1.26. The van der Waals surface area contributed by atoms with Gasteiger partial charge in [0.25, 0.3) is 0 Å². The normalized spacial score (nSPS) is 10.8. The van der Waals surface area contributed by atoms with Crippen LogP contribution in [0, 0.1) is 18.6 Å². The van der Waals surface area contributed by atoms with Crippen LogP contribution in [0.15, 0.2) is 24.3 Å². The maximum atomic E-state index is 13.6. The minimum atomic E-state index is -0.561. The summed E-state index contributed by atoms with van der Waals surface area (Å²) in [5, 5.41) is 0. The van der Waals surface area contributed by atoms with Crippen LogP contribution in [-0.4, -0.2) is 0 Å². The van der Waals surface area contributed by atoms with Gasteiger partial charge in [0.05, 0.1) is 0 Å². The highest BCUT2D eigenvalue weighted by molar-refractivity contribution is 7.15. The highest BCUT2D eigenvalue weighted by Gasteiger charge is 2.12. The number of hydrogen-bond donors (Lipinski definition) is 1. The fourth-order valence-electron chi connectivity index (χ4n) is 1.59. The van der Waals surface area contributed by atoms with Gasteiger partial charge in [-0.1, -0.05) is 0 Å². The number of nitrogens with two attached hydrogens (primary N) is 1. The van der Waals surface area contributed by atoms with Crippen LogP contribution in [0.4, 0.5) is 8.78 Å². The lowest BCUT2D eigenvalue weighted by molar-refractivity contribution is 0.586. The van der Waals surface area contributed by atoms with Crippen molar-refractivity contribution in [2.75, 3.05) is 0 Å². The molecule has 4 heteroatoms. The van der Waals surface area contributed by atoms with Crippen molar-refractivity contribution < 1.29 is 8.78 Å². The number of thiophene rings is 1. The Morgan fingerprint density at radius 2 is 2.00 bits per heavy atom. The predicted octanol–water partition coefficient (Wildman–Crippen LogP) is 3.46. The molecule has 84 valence electrons. The molecule has 0 saturated carbocycles. The molecule has 0 aliphatic rings. The Bertz CT molecular complexity index is 520. The van der Waals surface area contributed by atoms with E-state index in [1.165, 1.54) is 23.5 Å². The zero-order valence-electron chi connectivity index (χ0n) is 8.76. The van der Waals surface area contributed by atoms with Crippen LogP contribution >= 0.6 is 11.3 Å². The van der Waals surface area contributed by atoms with Gasteiger partial charge in [-0.15, -0.1) is 11.3 Å². The van der Waals surface area contributed by atoms with E-state index in [-0.39, 0.29) is 0 Å². The monoisotopic (exact) mass is 239 g/mol. The summed E-state index contributed by atoms with van der Waals surface area (Å²) in [5.74, 6) is -1.09. The van der Waals surface area contributed by atoms with Crippen molar-refractivity contribution in [2.45, 2.75) is 13.5 Å². The lowest BCUT2D eigenvalue weighted by Crippen LogP contribution is -1.91. The molecule has 0 amide bonds. The Kier molecular flexibility index (Phi) is 3.03. The van der Waals surface area contributed by atoms with Crippen LogP contribution in [-0.2, 0) is 6.54 Å². The van der Waals surface area contributed by atoms with E-state index < -0.39 is 11.6 Å². The van der Waals surface area contributed by atoms with Crippen LogP contribution in [0.1, 0.15) is 10.4 Å². The maximum absolute atomic E-state index is 13.6. The molecule has 0 aliphatic carbocycles. The van der Waals surface area contributed by atoms with Gasteiger partial charge in [0.1, 0.15) is 11.6 Å². The smallest absolute Gasteiger partial charge is 0.134 e. The Morgan fingerprint density at radius 1 is 1.25 bits per heavy atom. The molecule has 0 saturated heterocycles. The van der Waals surface area contributed by atoms with E-state index in [0.717, 1.165) is 21.4 Å². The quantitative estimate of drug-likeness (QED) is 0.853. The van der Waals surface area contributed by atoms with Gasteiger partial charge in [-0.05, 0) is 30.7 Å². The molecule has 1 nitrogen and oxygen atoms in total. The molecule has 0 spiro atoms. The number of halogens is 2. The van der Waals surface area contributed by atoms with Crippen molar-refractivity contribution in [3.8, 4) is 10.4 Å². The second-order valence-corrected chi connectivity index (χ2v) is 4.69. The lowest BCUT2D eigenvalue weighted by Gasteiger charge is -2.01. The highest BCUT2D eigenvalue weighted by atomic mass is 32.1. The van der Waals surface area contributed by atoms with E-state index in [0.29, 0.717) is 12.1 Å². The van der Waals surface area contributed by atoms with Crippen LogP contribution in [0.2, 0.25) is 0 Å². The first kappa shape index (κ1) is 11.2. The minimum Gasteiger partial charge on any atom is -0.326 e. The maximum Gasteiger partial charge on any atom is 0.134 e. The molecular formula is C12H11F2NS. The fraction of sp³-hybridized carbons (Fsp3) is 0.167. The van der Waals surface area contributed by atoms with E-state index >= 15 is 0 Å². The summed E-state index contributed by atoms with van der Waals surface area (Å²) in [6.45, 7) is 2.34. The summed E-state index contributed by atoms with van der Waals surface area (Å²) in [6.07, 6.45) is 0. The van der Waals surface area contributed by atoms with E-state index in [1.807, 2.05) is 13.0 Å². The molecule has 0 radical (unpaired) electrons. The van der Waals surface area contributed by atoms with Crippen molar-refractivity contribution in [1.82, 2.24) is 0 Å². The van der Waals surface area contributed by atoms with Crippen LogP contribution in [0.5, 0.6) is 0 Å². The molecule has 1 aromatic carbocycles. The SMILES string of the molecule is Cc1cc(CN)sc1-c1ccc(F)cc1F. The fourth-order valence-corrected chi connectivity index (χ4v) is 2.67. The van der Waals surface area contributed by atoms with Crippen LogP contribution in [0.25, 0.3) is 10.4 Å². The van der Waals surface area contributed by atoms with Crippen molar-refractivity contribution in [2.24, 2.45) is 5.73 Å². The van der Waals surface area contributed by atoms with Gasteiger partial charge in [0, 0.05) is 27.9 Å². The third kappa shape index (κ3) is 1.99. The number of hydrogen-bond acceptors (Lipinski definition) is 2. The molecule has 0 bridgehead atoms. The molecule has 0 unspecified atom stereocenters. The van der Waals surface area contributed by atoms with Crippen molar-refractivity contribution >= 4 is 11.3 Å². The van der Waals surface area contributed by atoms with E-state index in [2.05, 4.69) is 0 Å². The second kappa shape index (κ2) is 4.31. The average molecular weight is 239 g/mol. The third-order valence-corrected chi connectivity index (χ3v) is 3.64. The first-order valence-electron chi connectivity index (χ1n) is 4.86. The highest BCUT2D eigenvalue weighted by Crippen LogP contribution is 2.33. The molecule has 0 aliphatic heterocycles. The third-order valence-electron chi connectivity index (χ3n) is 2.35. The van der Waals surface area contributed by atoms with Gasteiger partial charge in [0.2, 0.25) is 0 Å². The van der Waals surface area contributed by atoms with Crippen molar-refractivity contribution in [3.05, 3.63) is 46.3 Å². The summed E-state index contributed by atoms with van der Waals surface area (Å²) < 4.78 is 26.3. The number of aryl methyl sites for hydroxylation is 1. The zero-order valence-corrected chi connectivity index (χ0v) is 9.57. The lowest BCUT2D eigenvalue weighted by atomic mass is 10.1. The Labute approximate surface area is 96.5 Å². The summed E-state index contributed by atoms with van der Waals surface area (Å²) in [7, 11) is 0. The topological polar surface area (TPSA) is 26.0 Å². The molecule has 0 fully saturated rings. The summed E-state index contributed by atoms with van der Waals surface area (Å²) in [4.78, 5) is 1.81. The summed E-state index contributed by atoms with van der Waals surface area (Å²) in [5.41, 5.74) is 6.93. The van der Waals surface area contributed by atoms with Gasteiger partial charge >= 0.3 is 0 Å². The van der Waals surface area contributed by atoms with Gasteiger partial charge in [-0.3, -0.25) is 0 Å². The predicted molar refractivity (Wildman–Crippen MR) is 62.3 cm³/mol. The minimum absolute atomic E-state index is 0.434. The first-order chi connectivity index (χ1) is 7.61. The van der Waals surface area contributed by atoms with E-state index in [1.54, 1.807) is 0 Å². The molecule has 2 rings (SSSR count). The molecule has 0 atom stereocenters.